The summed E-state index contributed by atoms with van der Waals surface area (Å²) >= 11 is 6.34. The highest BCUT2D eigenvalue weighted by Crippen LogP contribution is 2.34. The second-order valence-corrected chi connectivity index (χ2v) is 6.82. The van der Waals surface area contributed by atoms with Gasteiger partial charge in [-0.25, -0.2) is 0 Å². The molecule has 2 unspecified atom stereocenters. The molecule has 110 valence electrons. The van der Waals surface area contributed by atoms with Crippen molar-refractivity contribution in [2.75, 3.05) is 30.9 Å². The molecule has 0 bridgehead atoms. The first-order valence-corrected chi connectivity index (χ1v) is 7.91. The van der Waals surface area contributed by atoms with Crippen molar-refractivity contribution in [3.05, 3.63) is 23.2 Å². The van der Waals surface area contributed by atoms with E-state index in [1.165, 1.54) is 25.8 Å². The third-order valence-corrected chi connectivity index (χ3v) is 4.74. The summed E-state index contributed by atoms with van der Waals surface area (Å²) in [7, 11) is 4.03. The molecule has 3 rings (SSSR count). The van der Waals surface area contributed by atoms with Crippen LogP contribution in [0.4, 0.5) is 11.4 Å². The monoisotopic (exact) mass is 293 g/mol. The van der Waals surface area contributed by atoms with Crippen molar-refractivity contribution in [1.82, 2.24) is 4.90 Å². The lowest BCUT2D eigenvalue weighted by Crippen LogP contribution is -2.31. The Hall–Kier alpha value is -0.930. The zero-order valence-corrected chi connectivity index (χ0v) is 13.3. The fraction of sp³-hybridized carbons (Fsp3) is 0.625. The summed E-state index contributed by atoms with van der Waals surface area (Å²) in [6.45, 7) is 3.51. The van der Waals surface area contributed by atoms with Crippen LogP contribution < -0.4 is 10.2 Å². The van der Waals surface area contributed by atoms with Gasteiger partial charge in [-0.05, 0) is 44.4 Å². The average Bonchev–Trinajstić information content (AvgIpc) is 3.14. The SMILES string of the molecule is CC1CC(Nc2ccc(N(C)C)c(Cl)c2)CN1C1CC1. The van der Waals surface area contributed by atoms with Crippen LogP contribution in [-0.4, -0.2) is 43.7 Å². The number of nitrogens with one attached hydrogen (secondary N) is 1. The van der Waals surface area contributed by atoms with Gasteiger partial charge in [0.1, 0.15) is 0 Å². The van der Waals surface area contributed by atoms with E-state index in [0.29, 0.717) is 12.1 Å². The van der Waals surface area contributed by atoms with Crippen molar-refractivity contribution in [1.29, 1.82) is 0 Å². The highest BCUT2D eigenvalue weighted by atomic mass is 35.5. The number of nitrogens with zero attached hydrogens (tertiary/aromatic N) is 2. The minimum Gasteiger partial charge on any atom is -0.381 e. The van der Waals surface area contributed by atoms with Gasteiger partial charge in [0.15, 0.2) is 0 Å². The molecule has 2 atom stereocenters. The van der Waals surface area contributed by atoms with Crippen LogP contribution in [0.5, 0.6) is 0 Å². The Morgan fingerprint density at radius 3 is 2.65 bits per heavy atom. The van der Waals surface area contributed by atoms with E-state index < -0.39 is 0 Å². The molecule has 1 N–H and O–H groups in total. The molecule has 2 fully saturated rings. The quantitative estimate of drug-likeness (QED) is 0.917. The maximum Gasteiger partial charge on any atom is 0.0659 e. The molecule has 0 radical (unpaired) electrons. The van der Waals surface area contributed by atoms with Gasteiger partial charge in [-0.15, -0.1) is 0 Å². The molecule has 20 heavy (non-hydrogen) atoms. The first kappa shape index (κ1) is 14.0. The van der Waals surface area contributed by atoms with E-state index in [1.54, 1.807) is 0 Å². The predicted octanol–water partition coefficient (Wildman–Crippen LogP) is 3.44. The first-order chi connectivity index (χ1) is 9.54. The van der Waals surface area contributed by atoms with Crippen LogP contribution in [0, 0.1) is 0 Å². The van der Waals surface area contributed by atoms with Crippen LogP contribution in [0.1, 0.15) is 26.2 Å². The largest absolute Gasteiger partial charge is 0.381 e. The van der Waals surface area contributed by atoms with Gasteiger partial charge in [0, 0.05) is 44.5 Å². The molecule has 1 aliphatic heterocycles. The number of rotatable bonds is 4. The third-order valence-electron chi connectivity index (χ3n) is 4.44. The number of benzene rings is 1. The van der Waals surface area contributed by atoms with Crippen LogP contribution in [0.2, 0.25) is 5.02 Å². The van der Waals surface area contributed by atoms with Crippen molar-refractivity contribution in [3.8, 4) is 0 Å². The van der Waals surface area contributed by atoms with Crippen LogP contribution in [-0.2, 0) is 0 Å². The van der Waals surface area contributed by atoms with Crippen molar-refractivity contribution in [2.45, 2.75) is 44.3 Å². The van der Waals surface area contributed by atoms with Crippen molar-refractivity contribution in [2.24, 2.45) is 0 Å². The van der Waals surface area contributed by atoms with Crippen LogP contribution in [0.25, 0.3) is 0 Å². The maximum atomic E-state index is 6.34. The van der Waals surface area contributed by atoms with Gasteiger partial charge in [0.2, 0.25) is 0 Å². The summed E-state index contributed by atoms with van der Waals surface area (Å²) in [5.74, 6) is 0. The minimum absolute atomic E-state index is 0.548. The summed E-state index contributed by atoms with van der Waals surface area (Å²) in [4.78, 5) is 4.70. The Kier molecular flexibility index (Phi) is 3.83. The molecule has 3 nitrogen and oxygen atoms in total. The van der Waals surface area contributed by atoms with E-state index >= 15 is 0 Å². The van der Waals surface area contributed by atoms with Gasteiger partial charge in [-0.2, -0.15) is 0 Å². The lowest BCUT2D eigenvalue weighted by atomic mass is 10.1. The fourth-order valence-corrected chi connectivity index (χ4v) is 3.62. The fourth-order valence-electron chi connectivity index (χ4n) is 3.27. The third kappa shape index (κ3) is 2.89. The van der Waals surface area contributed by atoms with Gasteiger partial charge >= 0.3 is 0 Å². The summed E-state index contributed by atoms with van der Waals surface area (Å²) in [5, 5.41) is 4.46. The highest BCUT2D eigenvalue weighted by Gasteiger charge is 2.38. The van der Waals surface area contributed by atoms with Gasteiger partial charge in [0.05, 0.1) is 10.7 Å². The van der Waals surface area contributed by atoms with Crippen LogP contribution >= 0.6 is 11.6 Å². The number of hydrogen-bond donors (Lipinski definition) is 1. The molecule has 1 aliphatic carbocycles. The molecule has 2 aliphatic rings. The molecular weight excluding hydrogens is 270 g/mol. The summed E-state index contributed by atoms with van der Waals surface area (Å²) in [5.41, 5.74) is 2.20. The first-order valence-electron chi connectivity index (χ1n) is 7.53. The topological polar surface area (TPSA) is 18.5 Å². The number of anilines is 2. The normalized spacial score (nSPS) is 26.8. The van der Waals surface area contributed by atoms with E-state index in [4.69, 9.17) is 11.6 Å². The zero-order chi connectivity index (χ0) is 14.3. The van der Waals surface area contributed by atoms with E-state index in [1.807, 2.05) is 25.1 Å². The van der Waals surface area contributed by atoms with E-state index in [2.05, 4.69) is 29.3 Å². The van der Waals surface area contributed by atoms with E-state index in [0.717, 1.165) is 22.4 Å². The number of hydrogen-bond acceptors (Lipinski definition) is 3. The number of likely N-dealkylation sites (tertiary alicyclic amines) is 1. The molecular formula is C16H24ClN3. The molecule has 4 heteroatoms. The Morgan fingerprint density at radius 1 is 1.30 bits per heavy atom. The lowest BCUT2D eigenvalue weighted by molar-refractivity contribution is 0.257. The molecule has 1 saturated heterocycles. The Bertz CT molecular complexity index is 485. The zero-order valence-electron chi connectivity index (χ0n) is 12.6. The second-order valence-electron chi connectivity index (χ2n) is 6.41. The molecule has 1 aromatic carbocycles. The molecule has 0 aromatic heterocycles. The Balaban J connectivity index is 1.65. The average molecular weight is 294 g/mol. The summed E-state index contributed by atoms with van der Waals surface area (Å²) in [6, 6.07) is 8.37. The molecule has 0 spiro atoms. The standard InChI is InChI=1S/C16H24ClN3/c1-11-8-13(10-20(11)14-5-6-14)18-12-4-7-16(19(2)3)15(17)9-12/h4,7,9,11,13-14,18H,5-6,8,10H2,1-3H3. The van der Waals surface area contributed by atoms with Gasteiger partial charge < -0.3 is 10.2 Å². The smallest absolute Gasteiger partial charge is 0.0659 e. The van der Waals surface area contributed by atoms with E-state index in [9.17, 15) is 0 Å². The lowest BCUT2D eigenvalue weighted by Gasteiger charge is -2.20. The molecule has 0 amide bonds. The Labute approximate surface area is 126 Å². The Morgan fingerprint density at radius 2 is 2.05 bits per heavy atom. The maximum absolute atomic E-state index is 6.34. The summed E-state index contributed by atoms with van der Waals surface area (Å²) in [6.07, 6.45) is 4.00. The second kappa shape index (κ2) is 5.45. The van der Waals surface area contributed by atoms with E-state index in [-0.39, 0.29) is 0 Å². The van der Waals surface area contributed by atoms with Crippen molar-refractivity contribution < 1.29 is 0 Å². The predicted molar refractivity (Wildman–Crippen MR) is 87.0 cm³/mol. The van der Waals surface area contributed by atoms with Gasteiger partial charge in [0.25, 0.3) is 0 Å². The minimum atomic E-state index is 0.548. The highest BCUT2D eigenvalue weighted by molar-refractivity contribution is 6.33. The molecule has 1 saturated carbocycles. The van der Waals surface area contributed by atoms with Crippen molar-refractivity contribution in [3.63, 3.8) is 0 Å². The number of halogens is 1. The van der Waals surface area contributed by atoms with Crippen LogP contribution in [0.15, 0.2) is 18.2 Å². The van der Waals surface area contributed by atoms with Gasteiger partial charge in [-0.1, -0.05) is 11.6 Å². The van der Waals surface area contributed by atoms with Crippen LogP contribution in [0.3, 0.4) is 0 Å². The molecule has 1 aromatic rings. The summed E-state index contributed by atoms with van der Waals surface area (Å²) < 4.78 is 0. The molecule has 1 heterocycles. The van der Waals surface area contributed by atoms with Crippen molar-refractivity contribution >= 4 is 23.0 Å². The van der Waals surface area contributed by atoms with Gasteiger partial charge in [-0.3, -0.25) is 4.90 Å².